The molecule has 0 aliphatic carbocycles. The van der Waals surface area contributed by atoms with Crippen molar-refractivity contribution in [3.8, 4) is 0 Å². The molecule has 1 saturated heterocycles. The van der Waals surface area contributed by atoms with Gasteiger partial charge in [-0.25, -0.2) is 4.79 Å². The standard InChI is InChI=1S/C20H31BrCl3NO5SSi/c1-10(2)13(16(27)29-15(24)14(22)23)25-17(28)20(21,18(25)31-12(4)26)11(3)30-32(8,9)19(5,6)7/h11,14-15,18H,1-9H3. The maximum atomic E-state index is 13.5. The maximum Gasteiger partial charge on any atom is 0.356 e. The van der Waals surface area contributed by atoms with Gasteiger partial charge in [-0.3, -0.25) is 14.5 Å². The second-order valence-corrected chi connectivity index (χ2v) is 18.3. The number of halogens is 4. The van der Waals surface area contributed by atoms with Crippen molar-refractivity contribution in [1.29, 1.82) is 0 Å². The molecule has 4 atom stereocenters. The minimum atomic E-state index is -2.23. The van der Waals surface area contributed by atoms with E-state index in [0.29, 0.717) is 5.57 Å². The van der Waals surface area contributed by atoms with Gasteiger partial charge in [0.15, 0.2) is 22.6 Å². The van der Waals surface area contributed by atoms with E-state index in [9.17, 15) is 14.4 Å². The first-order valence-electron chi connectivity index (χ1n) is 9.97. The first-order chi connectivity index (χ1) is 14.3. The molecular weight excluding hydrogens is 581 g/mol. The van der Waals surface area contributed by atoms with E-state index in [4.69, 9.17) is 44.0 Å². The van der Waals surface area contributed by atoms with Crippen LogP contribution in [0.15, 0.2) is 11.3 Å². The molecule has 0 aromatic carbocycles. The zero-order chi connectivity index (χ0) is 25.4. The number of amides is 1. The lowest BCUT2D eigenvalue weighted by Gasteiger charge is -2.56. The summed E-state index contributed by atoms with van der Waals surface area (Å²) in [4.78, 5) is 38.5. The number of carbonyl (C=O) groups excluding carboxylic acids is 3. The molecule has 0 bridgehead atoms. The Balaban J connectivity index is 3.36. The van der Waals surface area contributed by atoms with E-state index in [1.165, 1.54) is 11.8 Å². The average Bonchev–Trinajstić information content (AvgIpc) is 2.61. The number of hydrogen-bond acceptors (Lipinski definition) is 6. The van der Waals surface area contributed by atoms with Gasteiger partial charge < -0.3 is 9.16 Å². The minimum Gasteiger partial charge on any atom is -0.438 e. The van der Waals surface area contributed by atoms with Crippen LogP contribution in [0.2, 0.25) is 18.1 Å². The summed E-state index contributed by atoms with van der Waals surface area (Å²) in [5.74, 6) is -1.26. The monoisotopic (exact) mass is 609 g/mol. The quantitative estimate of drug-likeness (QED) is 0.107. The predicted octanol–water partition coefficient (Wildman–Crippen LogP) is 6.18. The smallest absolute Gasteiger partial charge is 0.356 e. The number of hydrogen-bond donors (Lipinski definition) is 0. The second-order valence-electron chi connectivity index (χ2n) is 9.36. The van der Waals surface area contributed by atoms with E-state index in [1.807, 2.05) is 0 Å². The lowest BCUT2D eigenvalue weighted by Crippen LogP contribution is -2.74. The number of likely N-dealkylation sites (tertiary alicyclic amines) is 1. The van der Waals surface area contributed by atoms with Crippen molar-refractivity contribution in [3.05, 3.63) is 11.3 Å². The van der Waals surface area contributed by atoms with Gasteiger partial charge in [0.1, 0.15) is 11.1 Å². The van der Waals surface area contributed by atoms with Crippen molar-refractivity contribution < 1.29 is 23.5 Å². The van der Waals surface area contributed by atoms with Crippen LogP contribution in [0, 0.1) is 0 Å². The van der Waals surface area contributed by atoms with Gasteiger partial charge in [0.05, 0.1) is 6.10 Å². The molecular formula is C20H31BrCl3NO5SSi. The number of alkyl halides is 4. The second kappa shape index (κ2) is 10.9. The highest BCUT2D eigenvalue weighted by molar-refractivity contribution is 9.10. The summed E-state index contributed by atoms with van der Waals surface area (Å²) >= 11 is 21.8. The zero-order valence-corrected chi connectivity index (χ0v) is 25.4. The normalized spacial score (nSPS) is 23.5. The first-order valence-corrected chi connectivity index (χ1v) is 15.9. The van der Waals surface area contributed by atoms with E-state index >= 15 is 0 Å². The van der Waals surface area contributed by atoms with E-state index in [0.717, 1.165) is 11.8 Å². The van der Waals surface area contributed by atoms with Crippen molar-refractivity contribution in [2.45, 2.75) is 92.8 Å². The summed E-state index contributed by atoms with van der Waals surface area (Å²) in [6.07, 6.45) is -0.561. The summed E-state index contributed by atoms with van der Waals surface area (Å²) in [7, 11) is -2.23. The number of β-lactam (4-membered cyclic amide) rings is 1. The fourth-order valence-electron chi connectivity index (χ4n) is 2.86. The molecule has 0 aromatic heterocycles. The highest BCUT2D eigenvalue weighted by Crippen LogP contribution is 2.52. The van der Waals surface area contributed by atoms with Crippen molar-refractivity contribution in [2.75, 3.05) is 0 Å². The molecule has 32 heavy (non-hydrogen) atoms. The molecule has 1 aliphatic heterocycles. The first kappa shape index (κ1) is 30.3. The molecule has 12 heteroatoms. The molecule has 0 aromatic rings. The van der Waals surface area contributed by atoms with Crippen molar-refractivity contribution in [3.63, 3.8) is 0 Å². The molecule has 0 saturated carbocycles. The third-order valence-electron chi connectivity index (χ3n) is 5.61. The van der Waals surface area contributed by atoms with Crippen molar-refractivity contribution in [2.24, 2.45) is 0 Å². The fraction of sp³-hybridized carbons (Fsp3) is 0.750. The van der Waals surface area contributed by atoms with Gasteiger partial charge >= 0.3 is 5.97 Å². The maximum absolute atomic E-state index is 13.5. The van der Waals surface area contributed by atoms with Crippen LogP contribution in [-0.2, 0) is 23.5 Å². The lowest BCUT2D eigenvalue weighted by atomic mass is 9.91. The molecule has 184 valence electrons. The molecule has 0 spiro atoms. The number of carbonyl (C=O) groups is 3. The Labute approximate surface area is 219 Å². The summed E-state index contributed by atoms with van der Waals surface area (Å²) < 4.78 is 10.4. The summed E-state index contributed by atoms with van der Waals surface area (Å²) in [5, 5.41) is -1.03. The molecule has 0 N–H and O–H groups in total. The lowest BCUT2D eigenvalue weighted by molar-refractivity contribution is -0.155. The molecule has 1 aliphatic rings. The fourth-order valence-corrected chi connectivity index (χ4v) is 6.50. The molecule has 1 amide bonds. The van der Waals surface area contributed by atoms with Crippen LogP contribution in [0.1, 0.15) is 48.5 Å². The molecule has 1 fully saturated rings. The van der Waals surface area contributed by atoms with Gasteiger partial charge in [0.25, 0.3) is 5.91 Å². The predicted molar refractivity (Wildman–Crippen MR) is 138 cm³/mol. The Bertz CT molecular complexity index is 801. The number of rotatable bonds is 8. The van der Waals surface area contributed by atoms with Gasteiger partial charge in [-0.2, -0.15) is 0 Å². The van der Waals surface area contributed by atoms with E-state index in [1.54, 1.807) is 20.8 Å². The summed E-state index contributed by atoms with van der Waals surface area (Å²) in [5.41, 5.74) is -0.803. The van der Waals surface area contributed by atoms with E-state index < -0.39 is 46.4 Å². The highest BCUT2D eigenvalue weighted by atomic mass is 79.9. The Kier molecular flexibility index (Phi) is 10.3. The van der Waals surface area contributed by atoms with Gasteiger partial charge in [0, 0.05) is 6.92 Å². The van der Waals surface area contributed by atoms with Crippen LogP contribution in [0.5, 0.6) is 0 Å². The van der Waals surface area contributed by atoms with Gasteiger partial charge in [-0.05, 0) is 44.5 Å². The molecule has 1 rings (SSSR count). The average molecular weight is 612 g/mol. The van der Waals surface area contributed by atoms with Crippen LogP contribution >= 0.6 is 62.5 Å². The number of thioether (sulfide) groups is 1. The Morgan fingerprint density at radius 1 is 1.19 bits per heavy atom. The van der Waals surface area contributed by atoms with Crippen LogP contribution < -0.4 is 0 Å². The summed E-state index contributed by atoms with van der Waals surface area (Å²) in [6, 6.07) is 0. The molecule has 6 nitrogen and oxygen atoms in total. The van der Waals surface area contributed by atoms with Crippen LogP contribution in [0.4, 0.5) is 0 Å². The Morgan fingerprint density at radius 3 is 2.06 bits per heavy atom. The van der Waals surface area contributed by atoms with Gasteiger partial charge in [-0.1, -0.05) is 83.3 Å². The third-order valence-corrected chi connectivity index (χ3v) is 14.1. The number of nitrogens with zero attached hydrogens (tertiary/aromatic N) is 1. The topological polar surface area (TPSA) is 72.9 Å². The number of esters is 1. The van der Waals surface area contributed by atoms with Crippen molar-refractivity contribution in [1.82, 2.24) is 4.90 Å². The SMILES string of the molecule is CC(=O)SC1N(C(C(=O)OC(Cl)C(Cl)Cl)=C(C)C)C(=O)C1(Br)C(C)O[Si](C)(C)C(C)(C)C. The molecule has 1 heterocycles. The Morgan fingerprint density at radius 2 is 1.69 bits per heavy atom. The Hall–Kier alpha value is 0.227. The van der Waals surface area contributed by atoms with Crippen LogP contribution in [0.3, 0.4) is 0 Å². The van der Waals surface area contributed by atoms with Gasteiger partial charge in [-0.15, -0.1) is 0 Å². The van der Waals surface area contributed by atoms with E-state index in [2.05, 4.69) is 49.8 Å². The highest BCUT2D eigenvalue weighted by Gasteiger charge is 2.66. The third kappa shape index (κ3) is 6.26. The zero-order valence-electron chi connectivity index (χ0n) is 19.7. The van der Waals surface area contributed by atoms with Crippen LogP contribution in [0.25, 0.3) is 0 Å². The largest absolute Gasteiger partial charge is 0.438 e. The van der Waals surface area contributed by atoms with E-state index in [-0.39, 0.29) is 15.9 Å². The number of allylic oxidation sites excluding steroid dienone is 1. The molecule has 4 unspecified atom stereocenters. The summed E-state index contributed by atoms with van der Waals surface area (Å²) in [6.45, 7) is 17.0. The number of ether oxygens (including phenoxy) is 1. The van der Waals surface area contributed by atoms with Crippen molar-refractivity contribution >= 4 is 87.8 Å². The minimum absolute atomic E-state index is 0.0111. The van der Waals surface area contributed by atoms with Gasteiger partial charge in [0.2, 0.25) is 5.56 Å². The molecule has 0 radical (unpaired) electrons. The van der Waals surface area contributed by atoms with Crippen LogP contribution in [-0.4, -0.2) is 56.4 Å².